The lowest BCUT2D eigenvalue weighted by atomic mass is 9.72. The second kappa shape index (κ2) is 6.25. The summed E-state index contributed by atoms with van der Waals surface area (Å²) < 4.78 is 0. The van der Waals surface area contributed by atoms with E-state index < -0.39 is 0 Å². The topological polar surface area (TPSA) is 15.3 Å². The Hall–Kier alpha value is -1.80. The predicted octanol–water partition coefficient (Wildman–Crippen LogP) is 4.38. The first-order valence-electron chi connectivity index (χ1n) is 9.33. The van der Waals surface area contributed by atoms with E-state index in [9.17, 15) is 0 Å². The molecule has 0 amide bonds. The molecule has 1 aliphatic heterocycles. The van der Waals surface area contributed by atoms with Crippen molar-refractivity contribution in [2.24, 2.45) is 0 Å². The Bertz CT molecular complexity index is 726. The molecule has 2 heteroatoms. The van der Waals surface area contributed by atoms with Gasteiger partial charge in [-0.25, -0.2) is 0 Å². The molecule has 2 nitrogen and oxygen atoms in total. The molecule has 0 saturated carbocycles. The monoisotopic (exact) mass is 320 g/mol. The lowest BCUT2D eigenvalue weighted by molar-refractivity contribution is 0.432. The van der Waals surface area contributed by atoms with Crippen molar-refractivity contribution < 1.29 is 0 Å². The quantitative estimate of drug-likeness (QED) is 0.883. The molecule has 1 fully saturated rings. The number of aryl methyl sites for hydroxylation is 1. The first kappa shape index (κ1) is 15.7. The average molecular weight is 320 g/mol. The van der Waals surface area contributed by atoms with E-state index in [1.807, 2.05) is 0 Å². The number of nitrogens with one attached hydrogen (secondary N) is 1. The molecule has 2 aromatic rings. The van der Waals surface area contributed by atoms with Crippen molar-refractivity contribution in [3.05, 3.63) is 53.6 Å². The fourth-order valence-corrected chi connectivity index (χ4v) is 4.30. The zero-order valence-electron chi connectivity index (χ0n) is 14.9. The van der Waals surface area contributed by atoms with Crippen LogP contribution in [0.25, 0.3) is 11.1 Å². The standard InChI is InChI=1S/C22H28N2/c1-22(2)10-4-6-19-15-18(8-9-21(19)22)17-5-3-7-20(16-17)24-13-11-23-12-14-24/h3,5,7-9,15-16,23H,4,6,10-14H2,1-2H3. The molecule has 2 aromatic carbocycles. The van der Waals surface area contributed by atoms with Crippen molar-refractivity contribution in [2.45, 2.75) is 38.5 Å². The summed E-state index contributed by atoms with van der Waals surface area (Å²) in [5.74, 6) is 0. The molecule has 0 radical (unpaired) electrons. The van der Waals surface area contributed by atoms with Gasteiger partial charge in [-0.1, -0.05) is 44.2 Å². The summed E-state index contributed by atoms with van der Waals surface area (Å²) >= 11 is 0. The lowest BCUT2D eigenvalue weighted by Crippen LogP contribution is -2.43. The molecule has 0 spiro atoms. The molecule has 1 aliphatic carbocycles. The first-order valence-corrected chi connectivity index (χ1v) is 9.33. The van der Waals surface area contributed by atoms with Gasteiger partial charge in [0.2, 0.25) is 0 Å². The highest BCUT2D eigenvalue weighted by atomic mass is 15.2. The summed E-state index contributed by atoms with van der Waals surface area (Å²) in [6, 6.07) is 16.2. The van der Waals surface area contributed by atoms with Gasteiger partial charge in [-0.15, -0.1) is 0 Å². The second-order valence-corrected chi connectivity index (χ2v) is 7.90. The normalized spacial score (nSPS) is 19.8. The zero-order valence-corrected chi connectivity index (χ0v) is 14.9. The highest BCUT2D eigenvalue weighted by molar-refractivity contribution is 5.70. The predicted molar refractivity (Wildman–Crippen MR) is 103 cm³/mol. The Kier molecular flexibility index (Phi) is 4.09. The molecule has 1 saturated heterocycles. The van der Waals surface area contributed by atoms with Crippen LogP contribution in [-0.4, -0.2) is 26.2 Å². The smallest absolute Gasteiger partial charge is 0.0373 e. The molecule has 24 heavy (non-hydrogen) atoms. The maximum atomic E-state index is 3.43. The number of hydrogen-bond acceptors (Lipinski definition) is 2. The van der Waals surface area contributed by atoms with Gasteiger partial charge in [0.1, 0.15) is 0 Å². The number of anilines is 1. The fraction of sp³-hybridized carbons (Fsp3) is 0.455. The van der Waals surface area contributed by atoms with Gasteiger partial charge in [-0.05, 0) is 59.1 Å². The van der Waals surface area contributed by atoms with Crippen LogP contribution in [0.2, 0.25) is 0 Å². The van der Waals surface area contributed by atoms with Crippen LogP contribution in [0.5, 0.6) is 0 Å². The molecule has 0 unspecified atom stereocenters. The summed E-state index contributed by atoms with van der Waals surface area (Å²) in [7, 11) is 0. The lowest BCUT2D eigenvalue weighted by Gasteiger charge is -2.33. The van der Waals surface area contributed by atoms with E-state index in [0.717, 1.165) is 26.2 Å². The molecular formula is C22H28N2. The largest absolute Gasteiger partial charge is 0.369 e. The summed E-state index contributed by atoms with van der Waals surface area (Å²) in [6.45, 7) is 9.13. The van der Waals surface area contributed by atoms with Gasteiger partial charge >= 0.3 is 0 Å². The zero-order chi connectivity index (χ0) is 16.6. The molecular weight excluding hydrogens is 292 g/mol. The minimum Gasteiger partial charge on any atom is -0.369 e. The number of benzene rings is 2. The Labute approximate surface area is 145 Å². The number of fused-ring (bicyclic) bond motifs is 1. The molecule has 1 N–H and O–H groups in total. The maximum absolute atomic E-state index is 3.43. The summed E-state index contributed by atoms with van der Waals surface area (Å²) in [4.78, 5) is 2.49. The minimum atomic E-state index is 0.328. The highest BCUT2D eigenvalue weighted by Gasteiger charge is 2.27. The van der Waals surface area contributed by atoms with E-state index in [-0.39, 0.29) is 0 Å². The number of rotatable bonds is 2. The molecule has 2 aliphatic rings. The molecule has 126 valence electrons. The summed E-state index contributed by atoms with van der Waals surface area (Å²) in [5.41, 5.74) is 7.49. The van der Waals surface area contributed by atoms with Gasteiger partial charge in [-0.2, -0.15) is 0 Å². The van der Waals surface area contributed by atoms with Crippen molar-refractivity contribution in [3.8, 4) is 11.1 Å². The second-order valence-electron chi connectivity index (χ2n) is 7.90. The number of hydrogen-bond donors (Lipinski definition) is 1. The van der Waals surface area contributed by atoms with E-state index >= 15 is 0 Å². The van der Waals surface area contributed by atoms with Gasteiger partial charge in [0.15, 0.2) is 0 Å². The third-order valence-electron chi connectivity index (χ3n) is 5.74. The Morgan fingerprint density at radius 3 is 2.58 bits per heavy atom. The molecule has 0 aromatic heterocycles. The fourth-order valence-electron chi connectivity index (χ4n) is 4.30. The first-order chi connectivity index (χ1) is 11.6. The third kappa shape index (κ3) is 2.95. The average Bonchev–Trinajstić information content (AvgIpc) is 2.62. The maximum Gasteiger partial charge on any atom is 0.0373 e. The molecule has 0 bridgehead atoms. The van der Waals surface area contributed by atoms with Crippen LogP contribution >= 0.6 is 0 Å². The van der Waals surface area contributed by atoms with E-state index in [1.165, 1.54) is 36.1 Å². The minimum absolute atomic E-state index is 0.328. The van der Waals surface area contributed by atoms with Gasteiger partial charge < -0.3 is 10.2 Å². The van der Waals surface area contributed by atoms with Crippen LogP contribution in [0.15, 0.2) is 42.5 Å². The number of piperazine rings is 1. The Morgan fingerprint density at radius 2 is 1.75 bits per heavy atom. The Balaban J connectivity index is 1.67. The highest BCUT2D eigenvalue weighted by Crippen LogP contribution is 2.38. The van der Waals surface area contributed by atoms with Crippen molar-refractivity contribution in [1.82, 2.24) is 5.32 Å². The molecule has 0 atom stereocenters. The van der Waals surface area contributed by atoms with Gasteiger partial charge in [0, 0.05) is 31.9 Å². The van der Waals surface area contributed by atoms with Gasteiger partial charge in [0.05, 0.1) is 0 Å². The van der Waals surface area contributed by atoms with Crippen LogP contribution in [0.3, 0.4) is 0 Å². The SMILES string of the molecule is CC1(C)CCCc2cc(-c3cccc(N4CCNCC4)c3)ccc21. The van der Waals surface area contributed by atoms with Gasteiger partial charge in [0.25, 0.3) is 0 Å². The van der Waals surface area contributed by atoms with Crippen LogP contribution in [0.1, 0.15) is 37.8 Å². The third-order valence-corrected chi connectivity index (χ3v) is 5.74. The van der Waals surface area contributed by atoms with Crippen molar-refractivity contribution >= 4 is 5.69 Å². The number of nitrogens with zero attached hydrogens (tertiary/aromatic N) is 1. The van der Waals surface area contributed by atoms with Crippen LogP contribution in [0.4, 0.5) is 5.69 Å². The van der Waals surface area contributed by atoms with E-state index in [1.54, 1.807) is 11.1 Å². The van der Waals surface area contributed by atoms with E-state index in [0.29, 0.717) is 5.41 Å². The van der Waals surface area contributed by atoms with E-state index in [4.69, 9.17) is 0 Å². The Morgan fingerprint density at radius 1 is 0.958 bits per heavy atom. The van der Waals surface area contributed by atoms with Crippen molar-refractivity contribution in [2.75, 3.05) is 31.1 Å². The van der Waals surface area contributed by atoms with Crippen LogP contribution in [0, 0.1) is 0 Å². The molecule has 1 heterocycles. The van der Waals surface area contributed by atoms with E-state index in [2.05, 4.69) is 66.5 Å². The molecule has 4 rings (SSSR count). The summed E-state index contributed by atoms with van der Waals surface area (Å²) in [6.07, 6.45) is 3.84. The summed E-state index contributed by atoms with van der Waals surface area (Å²) in [5, 5.41) is 3.43. The van der Waals surface area contributed by atoms with Crippen LogP contribution < -0.4 is 10.2 Å². The van der Waals surface area contributed by atoms with Gasteiger partial charge in [-0.3, -0.25) is 0 Å². The van der Waals surface area contributed by atoms with Crippen LogP contribution in [-0.2, 0) is 11.8 Å². The van der Waals surface area contributed by atoms with Crippen molar-refractivity contribution in [3.63, 3.8) is 0 Å². The van der Waals surface area contributed by atoms with Crippen molar-refractivity contribution in [1.29, 1.82) is 0 Å².